The third kappa shape index (κ3) is 2.33. The van der Waals surface area contributed by atoms with E-state index in [4.69, 9.17) is 0 Å². The second kappa shape index (κ2) is 4.57. The van der Waals surface area contributed by atoms with Gasteiger partial charge in [0.05, 0.1) is 11.9 Å². The Morgan fingerprint density at radius 2 is 1.84 bits per heavy atom. The lowest BCUT2D eigenvalue weighted by Crippen LogP contribution is -1.93. The maximum absolute atomic E-state index is 9.47. The molecule has 0 aliphatic heterocycles. The summed E-state index contributed by atoms with van der Waals surface area (Å²) in [6.45, 7) is 2.05. The number of rotatable bonds is 2. The van der Waals surface area contributed by atoms with Gasteiger partial charge in [-0.25, -0.2) is 4.68 Å². The SMILES string of the molecule is Cc1ccc(-c2cn(-c3cccc(O)c3)nn2)cc1. The van der Waals surface area contributed by atoms with Gasteiger partial charge in [0.25, 0.3) is 0 Å². The van der Waals surface area contributed by atoms with Crippen LogP contribution in [0, 0.1) is 6.92 Å². The van der Waals surface area contributed by atoms with Crippen molar-refractivity contribution < 1.29 is 5.11 Å². The van der Waals surface area contributed by atoms with Crippen molar-refractivity contribution in [3.63, 3.8) is 0 Å². The smallest absolute Gasteiger partial charge is 0.117 e. The molecule has 94 valence electrons. The highest BCUT2D eigenvalue weighted by atomic mass is 16.3. The van der Waals surface area contributed by atoms with Crippen molar-refractivity contribution in [3.8, 4) is 22.7 Å². The second-order valence-corrected chi connectivity index (χ2v) is 4.43. The monoisotopic (exact) mass is 251 g/mol. The molecule has 0 atom stereocenters. The van der Waals surface area contributed by atoms with E-state index >= 15 is 0 Å². The first-order valence-corrected chi connectivity index (χ1v) is 6.01. The number of aromatic hydroxyl groups is 1. The van der Waals surface area contributed by atoms with Crippen molar-refractivity contribution >= 4 is 0 Å². The van der Waals surface area contributed by atoms with Crippen molar-refractivity contribution in [1.29, 1.82) is 0 Å². The fourth-order valence-electron chi connectivity index (χ4n) is 1.88. The molecule has 4 nitrogen and oxygen atoms in total. The van der Waals surface area contributed by atoms with Crippen molar-refractivity contribution in [1.82, 2.24) is 15.0 Å². The van der Waals surface area contributed by atoms with E-state index in [9.17, 15) is 5.11 Å². The van der Waals surface area contributed by atoms with Crippen molar-refractivity contribution in [2.24, 2.45) is 0 Å². The first kappa shape index (κ1) is 11.5. The van der Waals surface area contributed by atoms with Crippen LogP contribution in [0.1, 0.15) is 5.56 Å². The number of aryl methyl sites for hydroxylation is 1. The third-order valence-corrected chi connectivity index (χ3v) is 2.93. The quantitative estimate of drug-likeness (QED) is 0.761. The standard InChI is InChI=1S/C15H13N3O/c1-11-5-7-12(8-6-11)15-10-18(17-16-15)13-3-2-4-14(19)9-13/h2-10,19H,1H3. The average molecular weight is 251 g/mol. The van der Waals surface area contributed by atoms with Crippen LogP contribution < -0.4 is 0 Å². The van der Waals surface area contributed by atoms with E-state index in [2.05, 4.69) is 10.3 Å². The molecular formula is C15H13N3O. The molecule has 0 saturated heterocycles. The summed E-state index contributed by atoms with van der Waals surface area (Å²) in [6, 6.07) is 15.0. The van der Waals surface area contributed by atoms with Gasteiger partial charge in [0.2, 0.25) is 0 Å². The molecule has 0 saturated carbocycles. The van der Waals surface area contributed by atoms with Gasteiger partial charge in [0, 0.05) is 11.6 Å². The average Bonchev–Trinajstić information content (AvgIpc) is 2.89. The highest BCUT2D eigenvalue weighted by Gasteiger charge is 2.05. The maximum Gasteiger partial charge on any atom is 0.117 e. The lowest BCUT2D eigenvalue weighted by molar-refractivity contribution is 0.474. The molecule has 1 aromatic heterocycles. The van der Waals surface area contributed by atoms with Gasteiger partial charge >= 0.3 is 0 Å². The number of hydrogen-bond acceptors (Lipinski definition) is 3. The molecule has 3 aromatic rings. The van der Waals surface area contributed by atoms with Crippen molar-refractivity contribution in [2.45, 2.75) is 6.92 Å². The van der Waals surface area contributed by atoms with Crippen LogP contribution >= 0.6 is 0 Å². The van der Waals surface area contributed by atoms with E-state index in [-0.39, 0.29) is 5.75 Å². The first-order chi connectivity index (χ1) is 9.22. The Kier molecular flexibility index (Phi) is 2.76. The summed E-state index contributed by atoms with van der Waals surface area (Å²) in [5, 5.41) is 17.7. The van der Waals surface area contributed by atoms with E-state index in [1.807, 2.05) is 43.5 Å². The van der Waals surface area contributed by atoms with Gasteiger partial charge in [0.15, 0.2) is 0 Å². The van der Waals surface area contributed by atoms with Gasteiger partial charge in [-0.2, -0.15) is 0 Å². The second-order valence-electron chi connectivity index (χ2n) is 4.43. The third-order valence-electron chi connectivity index (χ3n) is 2.93. The van der Waals surface area contributed by atoms with E-state index in [1.165, 1.54) is 5.56 Å². The molecule has 0 fully saturated rings. The number of nitrogens with zero attached hydrogens (tertiary/aromatic N) is 3. The minimum Gasteiger partial charge on any atom is -0.508 e. The normalized spacial score (nSPS) is 10.6. The zero-order valence-electron chi connectivity index (χ0n) is 10.5. The predicted molar refractivity (Wildman–Crippen MR) is 73.2 cm³/mol. The Morgan fingerprint density at radius 1 is 1.05 bits per heavy atom. The molecule has 3 rings (SSSR count). The summed E-state index contributed by atoms with van der Waals surface area (Å²) >= 11 is 0. The Bertz CT molecular complexity index is 701. The number of phenols is 1. The van der Waals surface area contributed by atoms with Crippen LogP contribution in [0.3, 0.4) is 0 Å². The molecule has 4 heteroatoms. The Labute approximate surface area is 111 Å². The highest BCUT2D eigenvalue weighted by Crippen LogP contribution is 2.19. The lowest BCUT2D eigenvalue weighted by Gasteiger charge is -1.99. The maximum atomic E-state index is 9.47. The number of benzene rings is 2. The minimum atomic E-state index is 0.213. The van der Waals surface area contributed by atoms with Crippen LogP contribution in [0.4, 0.5) is 0 Å². The minimum absolute atomic E-state index is 0.213. The topological polar surface area (TPSA) is 50.9 Å². The Hall–Kier alpha value is -2.62. The van der Waals surface area contributed by atoms with Crippen LogP contribution in [-0.2, 0) is 0 Å². The molecule has 2 aromatic carbocycles. The van der Waals surface area contributed by atoms with Crippen LogP contribution in [0.25, 0.3) is 16.9 Å². The van der Waals surface area contributed by atoms with E-state index in [0.29, 0.717) is 0 Å². The molecule has 1 N–H and O–H groups in total. The molecule has 19 heavy (non-hydrogen) atoms. The van der Waals surface area contributed by atoms with Gasteiger partial charge in [0.1, 0.15) is 11.4 Å². The molecular weight excluding hydrogens is 238 g/mol. The summed E-state index contributed by atoms with van der Waals surface area (Å²) in [5.74, 6) is 0.213. The van der Waals surface area contributed by atoms with Crippen molar-refractivity contribution in [2.75, 3.05) is 0 Å². The van der Waals surface area contributed by atoms with E-state index in [0.717, 1.165) is 16.9 Å². The number of aromatic nitrogens is 3. The highest BCUT2D eigenvalue weighted by molar-refractivity contribution is 5.58. The first-order valence-electron chi connectivity index (χ1n) is 6.01. The van der Waals surface area contributed by atoms with Crippen molar-refractivity contribution in [3.05, 3.63) is 60.3 Å². The number of phenolic OH excluding ortho intramolecular Hbond substituents is 1. The summed E-state index contributed by atoms with van der Waals surface area (Å²) in [5.41, 5.74) is 3.83. The predicted octanol–water partition coefficient (Wildman–Crippen LogP) is 2.95. The molecule has 0 radical (unpaired) electrons. The Morgan fingerprint density at radius 3 is 2.58 bits per heavy atom. The zero-order chi connectivity index (χ0) is 13.2. The zero-order valence-corrected chi connectivity index (χ0v) is 10.5. The van der Waals surface area contributed by atoms with Crippen LogP contribution in [-0.4, -0.2) is 20.1 Å². The molecule has 0 aliphatic rings. The largest absolute Gasteiger partial charge is 0.508 e. The molecule has 0 unspecified atom stereocenters. The molecule has 1 heterocycles. The fraction of sp³-hybridized carbons (Fsp3) is 0.0667. The summed E-state index contributed by atoms with van der Waals surface area (Å²) in [4.78, 5) is 0. The Balaban J connectivity index is 1.97. The molecule has 0 amide bonds. The van der Waals surface area contributed by atoms with E-state index < -0.39 is 0 Å². The summed E-state index contributed by atoms with van der Waals surface area (Å²) < 4.78 is 1.65. The van der Waals surface area contributed by atoms with Gasteiger partial charge in [-0.1, -0.05) is 41.1 Å². The van der Waals surface area contributed by atoms with Crippen LogP contribution in [0.2, 0.25) is 0 Å². The van der Waals surface area contributed by atoms with E-state index in [1.54, 1.807) is 22.9 Å². The number of hydrogen-bond donors (Lipinski definition) is 1. The summed E-state index contributed by atoms with van der Waals surface area (Å²) in [7, 11) is 0. The van der Waals surface area contributed by atoms with Gasteiger partial charge in [-0.15, -0.1) is 5.10 Å². The molecule has 0 aliphatic carbocycles. The summed E-state index contributed by atoms with van der Waals surface area (Å²) in [6.07, 6.45) is 1.85. The van der Waals surface area contributed by atoms with Gasteiger partial charge in [-0.3, -0.25) is 0 Å². The van der Waals surface area contributed by atoms with Crippen LogP contribution in [0.5, 0.6) is 5.75 Å². The fourth-order valence-corrected chi connectivity index (χ4v) is 1.88. The lowest BCUT2D eigenvalue weighted by atomic mass is 10.1. The molecule has 0 bridgehead atoms. The van der Waals surface area contributed by atoms with Gasteiger partial charge < -0.3 is 5.11 Å². The van der Waals surface area contributed by atoms with Crippen LogP contribution in [0.15, 0.2) is 54.7 Å². The molecule has 0 spiro atoms. The van der Waals surface area contributed by atoms with Gasteiger partial charge in [-0.05, 0) is 19.1 Å².